The Hall–Kier alpha value is -0.120. The van der Waals surface area contributed by atoms with Crippen LogP contribution in [0.5, 0.6) is 0 Å². The third-order valence-corrected chi connectivity index (χ3v) is 2.64. The number of ether oxygens (including phenoxy) is 2. The van der Waals surface area contributed by atoms with E-state index in [2.05, 4.69) is 12.2 Å². The molecule has 0 aliphatic carbocycles. The molecule has 0 radical (unpaired) electrons. The van der Waals surface area contributed by atoms with Gasteiger partial charge in [0.1, 0.15) is 0 Å². The average molecular weight is 171 g/mol. The predicted molar refractivity (Wildman–Crippen MR) is 46.2 cm³/mol. The summed E-state index contributed by atoms with van der Waals surface area (Å²) >= 11 is 0. The summed E-state index contributed by atoms with van der Waals surface area (Å²) in [6.07, 6.45) is 1.19. The van der Waals surface area contributed by atoms with Crippen LogP contribution in [0.3, 0.4) is 0 Å². The van der Waals surface area contributed by atoms with Gasteiger partial charge in [-0.2, -0.15) is 0 Å². The minimum absolute atomic E-state index is 0.415. The van der Waals surface area contributed by atoms with E-state index in [0.717, 1.165) is 33.0 Å². The Balaban J connectivity index is 1.77. The summed E-state index contributed by atoms with van der Waals surface area (Å²) in [7, 11) is 0. The molecule has 1 atom stereocenters. The lowest BCUT2D eigenvalue weighted by molar-refractivity contribution is -0.115. The van der Waals surface area contributed by atoms with Gasteiger partial charge in [0, 0.05) is 18.0 Å². The lowest BCUT2D eigenvalue weighted by atomic mass is 9.82. The zero-order valence-corrected chi connectivity index (χ0v) is 7.64. The van der Waals surface area contributed by atoms with Gasteiger partial charge in [-0.05, 0) is 6.42 Å². The molecular formula is C9H17NO2. The Bertz CT molecular complexity index is 151. The fraction of sp³-hybridized carbons (Fsp3) is 1.00. The first-order valence-corrected chi connectivity index (χ1v) is 4.67. The molecule has 0 saturated carbocycles. The minimum atomic E-state index is 0.415. The summed E-state index contributed by atoms with van der Waals surface area (Å²) in [6.45, 7) is 6.87. The summed E-state index contributed by atoms with van der Waals surface area (Å²) in [4.78, 5) is 0. The second kappa shape index (κ2) is 3.32. The second-order valence-corrected chi connectivity index (χ2v) is 4.23. The van der Waals surface area contributed by atoms with Gasteiger partial charge in [-0.1, -0.05) is 6.92 Å². The molecule has 2 aliphatic heterocycles. The zero-order valence-electron chi connectivity index (χ0n) is 7.64. The van der Waals surface area contributed by atoms with E-state index in [1.54, 1.807) is 0 Å². The molecule has 1 unspecified atom stereocenters. The number of rotatable bonds is 2. The Morgan fingerprint density at radius 3 is 2.75 bits per heavy atom. The van der Waals surface area contributed by atoms with Gasteiger partial charge in [0.05, 0.1) is 26.4 Å². The summed E-state index contributed by atoms with van der Waals surface area (Å²) in [5.74, 6) is 0. The third kappa shape index (κ3) is 1.79. The van der Waals surface area contributed by atoms with Crippen molar-refractivity contribution in [1.29, 1.82) is 0 Å². The van der Waals surface area contributed by atoms with Gasteiger partial charge in [-0.3, -0.25) is 0 Å². The first-order chi connectivity index (χ1) is 5.79. The molecule has 70 valence electrons. The van der Waals surface area contributed by atoms with Crippen molar-refractivity contribution in [3.05, 3.63) is 0 Å². The lowest BCUT2D eigenvalue weighted by Gasteiger charge is -2.41. The molecular weight excluding hydrogens is 154 g/mol. The van der Waals surface area contributed by atoms with Crippen molar-refractivity contribution in [3.63, 3.8) is 0 Å². The number of hydrogen-bond acceptors (Lipinski definition) is 3. The lowest BCUT2D eigenvalue weighted by Crippen LogP contribution is -2.49. The van der Waals surface area contributed by atoms with E-state index in [4.69, 9.17) is 9.47 Å². The molecule has 3 nitrogen and oxygen atoms in total. The van der Waals surface area contributed by atoms with E-state index in [1.165, 1.54) is 6.42 Å². The number of hydrogen-bond donors (Lipinski definition) is 1. The molecule has 2 aliphatic rings. The zero-order chi connectivity index (χ0) is 8.44. The van der Waals surface area contributed by atoms with E-state index in [1.807, 2.05) is 0 Å². The van der Waals surface area contributed by atoms with Gasteiger partial charge in [0.15, 0.2) is 0 Å². The molecule has 12 heavy (non-hydrogen) atoms. The van der Waals surface area contributed by atoms with Crippen LogP contribution in [0.25, 0.3) is 0 Å². The summed E-state index contributed by atoms with van der Waals surface area (Å²) < 4.78 is 10.6. The molecule has 2 saturated heterocycles. The van der Waals surface area contributed by atoms with Gasteiger partial charge in [0.2, 0.25) is 0 Å². The smallest absolute Gasteiger partial charge is 0.0620 e. The maximum atomic E-state index is 5.39. The largest absolute Gasteiger partial charge is 0.380 e. The van der Waals surface area contributed by atoms with Crippen molar-refractivity contribution in [1.82, 2.24) is 5.32 Å². The minimum Gasteiger partial charge on any atom is -0.380 e. The Kier molecular flexibility index (Phi) is 2.35. The van der Waals surface area contributed by atoms with Gasteiger partial charge < -0.3 is 14.8 Å². The van der Waals surface area contributed by atoms with Crippen molar-refractivity contribution in [2.24, 2.45) is 5.41 Å². The van der Waals surface area contributed by atoms with Gasteiger partial charge >= 0.3 is 0 Å². The summed E-state index contributed by atoms with van der Waals surface area (Å²) in [6, 6.07) is 0.549. The van der Waals surface area contributed by atoms with E-state index < -0.39 is 0 Å². The van der Waals surface area contributed by atoms with Crippen LogP contribution in [0.1, 0.15) is 13.3 Å². The molecule has 0 amide bonds. The van der Waals surface area contributed by atoms with Crippen molar-refractivity contribution < 1.29 is 9.47 Å². The Morgan fingerprint density at radius 1 is 1.42 bits per heavy atom. The molecule has 0 aromatic carbocycles. The second-order valence-electron chi connectivity index (χ2n) is 4.23. The summed E-state index contributed by atoms with van der Waals surface area (Å²) in [5.41, 5.74) is 0.415. The Morgan fingerprint density at radius 2 is 2.25 bits per heavy atom. The monoisotopic (exact) mass is 171 g/mol. The highest BCUT2D eigenvalue weighted by Crippen LogP contribution is 2.32. The van der Waals surface area contributed by atoms with Crippen LogP contribution in [0.15, 0.2) is 0 Å². The van der Waals surface area contributed by atoms with Crippen molar-refractivity contribution in [2.75, 3.05) is 33.0 Å². The first-order valence-electron chi connectivity index (χ1n) is 4.67. The highest BCUT2D eigenvalue weighted by molar-refractivity contribution is 4.86. The van der Waals surface area contributed by atoms with Crippen molar-refractivity contribution >= 4 is 0 Å². The molecule has 0 spiro atoms. The standard InChI is InChI=1S/C9H17NO2/c1-9(6-12-7-9)4-8-5-11-3-2-10-8/h8,10H,2-7H2,1H3. The maximum Gasteiger partial charge on any atom is 0.0620 e. The highest BCUT2D eigenvalue weighted by Gasteiger charge is 2.36. The van der Waals surface area contributed by atoms with E-state index in [-0.39, 0.29) is 0 Å². The van der Waals surface area contributed by atoms with E-state index >= 15 is 0 Å². The van der Waals surface area contributed by atoms with Gasteiger partial charge in [0.25, 0.3) is 0 Å². The predicted octanol–water partition coefficient (Wildman–Crippen LogP) is 0.401. The molecule has 2 rings (SSSR count). The first kappa shape index (κ1) is 8.48. The normalized spacial score (nSPS) is 34.2. The molecule has 1 N–H and O–H groups in total. The number of morpholine rings is 1. The maximum absolute atomic E-state index is 5.39. The van der Waals surface area contributed by atoms with Crippen molar-refractivity contribution in [2.45, 2.75) is 19.4 Å². The topological polar surface area (TPSA) is 30.5 Å². The fourth-order valence-corrected chi connectivity index (χ4v) is 1.91. The van der Waals surface area contributed by atoms with Crippen LogP contribution >= 0.6 is 0 Å². The average Bonchev–Trinajstić information content (AvgIpc) is 2.04. The molecule has 2 fully saturated rings. The SMILES string of the molecule is CC1(CC2COCCN2)COC1. The molecule has 0 bridgehead atoms. The van der Waals surface area contributed by atoms with Gasteiger partial charge in [-0.15, -0.1) is 0 Å². The highest BCUT2D eigenvalue weighted by atomic mass is 16.5. The van der Waals surface area contributed by atoms with Crippen LogP contribution < -0.4 is 5.32 Å². The number of nitrogens with one attached hydrogen (secondary N) is 1. The van der Waals surface area contributed by atoms with Crippen LogP contribution in [0.4, 0.5) is 0 Å². The van der Waals surface area contributed by atoms with Crippen LogP contribution in [-0.4, -0.2) is 39.0 Å². The van der Waals surface area contributed by atoms with Crippen LogP contribution in [0.2, 0.25) is 0 Å². The third-order valence-electron chi connectivity index (χ3n) is 2.64. The quantitative estimate of drug-likeness (QED) is 0.652. The molecule has 0 aromatic rings. The van der Waals surface area contributed by atoms with Crippen LogP contribution in [-0.2, 0) is 9.47 Å². The molecule has 0 aromatic heterocycles. The van der Waals surface area contributed by atoms with E-state index in [9.17, 15) is 0 Å². The van der Waals surface area contributed by atoms with Crippen LogP contribution in [0, 0.1) is 5.41 Å². The summed E-state index contributed by atoms with van der Waals surface area (Å²) in [5, 5.41) is 3.46. The molecule has 3 heteroatoms. The molecule has 2 heterocycles. The Labute approximate surface area is 73.4 Å². The van der Waals surface area contributed by atoms with Gasteiger partial charge in [-0.25, -0.2) is 0 Å². The fourth-order valence-electron chi connectivity index (χ4n) is 1.91. The van der Waals surface area contributed by atoms with E-state index in [0.29, 0.717) is 11.5 Å². The van der Waals surface area contributed by atoms with Crippen molar-refractivity contribution in [3.8, 4) is 0 Å².